The third kappa shape index (κ3) is 4.72. The van der Waals surface area contributed by atoms with Crippen molar-refractivity contribution in [2.75, 3.05) is 11.5 Å². The molecule has 3 rings (SSSR count). The van der Waals surface area contributed by atoms with Gasteiger partial charge in [0, 0.05) is 12.1 Å². The number of nitro groups is 1. The number of hydrogen-bond donors (Lipinski definition) is 1. The summed E-state index contributed by atoms with van der Waals surface area (Å²) in [5.41, 5.74) is 0.0914. The van der Waals surface area contributed by atoms with Crippen molar-refractivity contribution in [2.24, 2.45) is 0 Å². The van der Waals surface area contributed by atoms with Gasteiger partial charge in [0.1, 0.15) is 17.9 Å². The molecule has 1 aliphatic rings. The fraction of sp³-hybridized carbons (Fsp3) is 0.0500. The number of hydrogen-bond acceptors (Lipinski definition) is 6. The van der Waals surface area contributed by atoms with Gasteiger partial charge in [0.2, 0.25) is 0 Å². The minimum Gasteiger partial charge on any atom is -0.487 e. The topological polar surface area (TPSA) is 119 Å². The lowest BCUT2D eigenvalue weighted by Crippen LogP contribution is -2.54. The Morgan fingerprint density at radius 2 is 1.74 bits per heavy atom. The Morgan fingerprint density at radius 1 is 1.13 bits per heavy atom. The largest absolute Gasteiger partial charge is 0.487 e. The molecule has 1 saturated heterocycles. The molecule has 9 nitrogen and oxygen atoms in total. The molecule has 0 spiro atoms. The van der Waals surface area contributed by atoms with E-state index in [2.05, 4.69) is 43.8 Å². The maximum absolute atomic E-state index is 12.9. The van der Waals surface area contributed by atoms with E-state index in [4.69, 9.17) is 4.74 Å². The highest BCUT2D eigenvalue weighted by Crippen LogP contribution is 2.36. The van der Waals surface area contributed by atoms with Crippen LogP contribution in [0.15, 0.2) is 63.6 Å². The van der Waals surface area contributed by atoms with Gasteiger partial charge in [0.05, 0.1) is 19.6 Å². The number of non-ortho nitro benzene ring substituents is 1. The zero-order valence-electron chi connectivity index (χ0n) is 15.6. The molecule has 0 radical (unpaired) electrons. The molecule has 2 aromatic rings. The summed E-state index contributed by atoms with van der Waals surface area (Å²) >= 11 is 6.75. The molecule has 0 unspecified atom stereocenters. The van der Waals surface area contributed by atoms with Gasteiger partial charge in [-0.05, 0) is 67.8 Å². The number of benzene rings is 2. The quantitative estimate of drug-likeness (QED) is 0.188. The van der Waals surface area contributed by atoms with E-state index >= 15 is 0 Å². The normalized spacial score (nSPS) is 15.1. The van der Waals surface area contributed by atoms with Crippen LogP contribution >= 0.6 is 31.9 Å². The highest BCUT2D eigenvalue weighted by molar-refractivity contribution is 9.11. The number of imide groups is 2. The summed E-state index contributed by atoms with van der Waals surface area (Å²) in [6, 6.07) is 7.16. The first-order chi connectivity index (χ1) is 14.7. The lowest BCUT2D eigenvalue weighted by Gasteiger charge is -2.26. The number of halogens is 2. The van der Waals surface area contributed by atoms with E-state index in [0.29, 0.717) is 20.3 Å². The van der Waals surface area contributed by atoms with Gasteiger partial charge >= 0.3 is 6.03 Å². The van der Waals surface area contributed by atoms with Crippen LogP contribution in [0.5, 0.6) is 5.75 Å². The van der Waals surface area contributed by atoms with Crippen LogP contribution in [0.25, 0.3) is 6.08 Å². The maximum atomic E-state index is 12.9. The van der Waals surface area contributed by atoms with Crippen LogP contribution in [0.4, 0.5) is 16.2 Å². The van der Waals surface area contributed by atoms with E-state index in [1.807, 2.05) is 0 Å². The van der Waals surface area contributed by atoms with Crippen molar-refractivity contribution in [3.8, 4) is 5.75 Å². The van der Waals surface area contributed by atoms with E-state index in [-0.39, 0.29) is 23.6 Å². The first kappa shape index (κ1) is 22.4. The zero-order chi connectivity index (χ0) is 22.7. The number of anilines is 1. The molecule has 158 valence electrons. The molecule has 1 heterocycles. The first-order valence-corrected chi connectivity index (χ1v) is 10.2. The lowest BCUT2D eigenvalue weighted by atomic mass is 10.1. The summed E-state index contributed by atoms with van der Waals surface area (Å²) in [5, 5.41) is 12.9. The Hall–Kier alpha value is -3.31. The average molecular weight is 551 g/mol. The number of ether oxygens (including phenoxy) is 1. The molecule has 1 aliphatic heterocycles. The number of amides is 4. The molecule has 0 atom stereocenters. The lowest BCUT2D eigenvalue weighted by molar-refractivity contribution is -0.384. The molecule has 0 aromatic heterocycles. The molecule has 4 amide bonds. The molecule has 1 N–H and O–H groups in total. The number of urea groups is 1. The Labute approximate surface area is 192 Å². The van der Waals surface area contributed by atoms with Crippen LogP contribution in [0.1, 0.15) is 5.56 Å². The van der Waals surface area contributed by atoms with Crippen LogP contribution in [-0.2, 0) is 9.59 Å². The van der Waals surface area contributed by atoms with Crippen molar-refractivity contribution in [3.63, 3.8) is 0 Å². The van der Waals surface area contributed by atoms with Crippen LogP contribution < -0.4 is 15.0 Å². The molecule has 0 saturated carbocycles. The summed E-state index contributed by atoms with van der Waals surface area (Å²) in [7, 11) is 0. The third-order valence-corrected chi connectivity index (χ3v) is 5.28. The molecule has 31 heavy (non-hydrogen) atoms. The molecule has 2 aromatic carbocycles. The van der Waals surface area contributed by atoms with Gasteiger partial charge in [-0.25, -0.2) is 9.69 Å². The van der Waals surface area contributed by atoms with E-state index < -0.39 is 22.8 Å². The molecule has 1 fully saturated rings. The Morgan fingerprint density at radius 3 is 2.29 bits per heavy atom. The standard InChI is InChI=1S/C20H13Br2N3O6/c1-2-7-31-17-15(21)9-11(10-16(17)22)8-14-18(26)23-20(28)24(19(14)27)12-3-5-13(6-4-12)25(29)30/h2-6,8-10H,1,7H2,(H,23,26,28)/b14-8+. The number of nitro benzene ring substituents is 1. The number of nitrogens with one attached hydrogen (secondary N) is 1. The second-order valence-corrected chi connectivity index (χ2v) is 7.85. The van der Waals surface area contributed by atoms with Crippen molar-refractivity contribution in [1.29, 1.82) is 0 Å². The summed E-state index contributed by atoms with van der Waals surface area (Å²) in [6.45, 7) is 3.87. The van der Waals surface area contributed by atoms with Gasteiger partial charge in [-0.2, -0.15) is 0 Å². The van der Waals surface area contributed by atoms with Crippen LogP contribution in [0.3, 0.4) is 0 Å². The Kier molecular flexibility index (Phi) is 6.66. The van der Waals surface area contributed by atoms with Crippen LogP contribution in [-0.4, -0.2) is 29.4 Å². The van der Waals surface area contributed by atoms with Crippen molar-refractivity contribution < 1.29 is 24.0 Å². The predicted octanol–water partition coefficient (Wildman–Crippen LogP) is 4.35. The summed E-state index contributed by atoms with van der Waals surface area (Å²) in [6.07, 6.45) is 2.92. The number of carbonyl (C=O) groups excluding carboxylic acids is 3. The van der Waals surface area contributed by atoms with Crippen molar-refractivity contribution in [3.05, 3.63) is 79.2 Å². The van der Waals surface area contributed by atoms with E-state index in [9.17, 15) is 24.5 Å². The van der Waals surface area contributed by atoms with Crippen LogP contribution in [0.2, 0.25) is 0 Å². The molecule has 0 bridgehead atoms. The highest BCUT2D eigenvalue weighted by Gasteiger charge is 2.37. The van der Waals surface area contributed by atoms with Gasteiger partial charge in [-0.3, -0.25) is 25.0 Å². The van der Waals surface area contributed by atoms with Crippen molar-refractivity contribution in [2.45, 2.75) is 0 Å². The van der Waals surface area contributed by atoms with Gasteiger partial charge in [0.15, 0.2) is 0 Å². The molecule has 11 heteroatoms. The minimum absolute atomic E-state index is 0.0852. The fourth-order valence-corrected chi connectivity index (χ4v) is 4.18. The van der Waals surface area contributed by atoms with E-state index in [1.165, 1.54) is 18.2 Å². The van der Waals surface area contributed by atoms with Crippen molar-refractivity contribution >= 4 is 67.2 Å². The molecular weight excluding hydrogens is 538 g/mol. The minimum atomic E-state index is -0.948. The van der Waals surface area contributed by atoms with Crippen molar-refractivity contribution in [1.82, 2.24) is 5.32 Å². The average Bonchev–Trinajstić information content (AvgIpc) is 2.71. The monoisotopic (exact) mass is 549 g/mol. The number of carbonyl (C=O) groups is 3. The van der Waals surface area contributed by atoms with Gasteiger partial charge in [0.25, 0.3) is 17.5 Å². The fourth-order valence-electron chi connectivity index (χ4n) is 2.73. The van der Waals surface area contributed by atoms with Crippen LogP contribution in [0, 0.1) is 10.1 Å². The Bertz CT molecular complexity index is 1120. The zero-order valence-corrected chi connectivity index (χ0v) is 18.8. The molecular formula is C20H13Br2N3O6. The molecule has 0 aliphatic carbocycles. The predicted molar refractivity (Wildman–Crippen MR) is 120 cm³/mol. The third-order valence-electron chi connectivity index (χ3n) is 4.10. The van der Waals surface area contributed by atoms with E-state index in [0.717, 1.165) is 17.0 Å². The maximum Gasteiger partial charge on any atom is 0.335 e. The number of nitrogens with zero attached hydrogens (tertiary/aromatic N) is 2. The first-order valence-electron chi connectivity index (χ1n) is 8.61. The second-order valence-electron chi connectivity index (χ2n) is 6.14. The second kappa shape index (κ2) is 9.23. The Balaban J connectivity index is 1.97. The SMILES string of the molecule is C=CCOc1c(Br)cc(/C=C2\C(=O)NC(=O)N(c3ccc([N+](=O)[O-])cc3)C2=O)cc1Br. The van der Waals surface area contributed by atoms with Gasteiger partial charge in [-0.15, -0.1) is 0 Å². The number of rotatable bonds is 6. The highest BCUT2D eigenvalue weighted by atomic mass is 79.9. The number of barbiturate groups is 1. The summed E-state index contributed by atoms with van der Waals surface area (Å²) in [4.78, 5) is 48.5. The van der Waals surface area contributed by atoms with E-state index in [1.54, 1.807) is 18.2 Å². The summed E-state index contributed by atoms with van der Waals surface area (Å²) in [5.74, 6) is -1.20. The smallest absolute Gasteiger partial charge is 0.335 e. The van der Waals surface area contributed by atoms with Gasteiger partial charge in [-0.1, -0.05) is 12.7 Å². The summed E-state index contributed by atoms with van der Waals surface area (Å²) < 4.78 is 6.68. The van der Waals surface area contributed by atoms with Gasteiger partial charge < -0.3 is 4.74 Å².